The van der Waals surface area contributed by atoms with Gasteiger partial charge in [0.2, 0.25) is 5.91 Å². The zero-order valence-corrected chi connectivity index (χ0v) is 19.9. The number of ether oxygens (including phenoxy) is 2. The molecule has 0 saturated heterocycles. The number of amides is 1. The quantitative estimate of drug-likeness (QED) is 0.253. The van der Waals surface area contributed by atoms with E-state index in [0.29, 0.717) is 24.3 Å². The number of benzene rings is 2. The van der Waals surface area contributed by atoms with Crippen LogP contribution in [-0.2, 0) is 11.0 Å². The lowest BCUT2D eigenvalue weighted by molar-refractivity contribution is -0.137. The molecule has 2 aromatic rings. The Balaban J connectivity index is 1.75. The van der Waals surface area contributed by atoms with Crippen molar-refractivity contribution in [3.8, 4) is 11.5 Å². The Kier molecular flexibility index (Phi) is 10.7. The third-order valence-corrected chi connectivity index (χ3v) is 4.86. The van der Waals surface area contributed by atoms with Gasteiger partial charge in [0, 0.05) is 24.8 Å². The van der Waals surface area contributed by atoms with Crippen LogP contribution >= 0.6 is 46.4 Å². The van der Waals surface area contributed by atoms with Crippen LogP contribution in [-0.4, -0.2) is 25.7 Å². The van der Waals surface area contributed by atoms with Crippen LogP contribution in [0.3, 0.4) is 0 Å². The van der Waals surface area contributed by atoms with E-state index >= 15 is 0 Å². The van der Waals surface area contributed by atoms with E-state index < -0.39 is 17.6 Å². The van der Waals surface area contributed by atoms with Crippen molar-refractivity contribution >= 4 is 58.4 Å². The number of hydrogen-bond donors (Lipinski definition) is 1. The Morgan fingerprint density at radius 2 is 1.67 bits per heavy atom. The van der Waals surface area contributed by atoms with Gasteiger partial charge in [-0.2, -0.15) is 13.2 Å². The summed E-state index contributed by atoms with van der Waals surface area (Å²) in [6, 6.07) is 7.55. The number of carbonyl (C=O) groups is 1. The third-order valence-electron chi connectivity index (χ3n) is 3.99. The molecule has 1 N–H and O–H groups in total. The maximum absolute atomic E-state index is 12.6. The molecule has 0 unspecified atom stereocenters. The number of carbonyl (C=O) groups excluding carboxylic acids is 1. The van der Waals surface area contributed by atoms with Gasteiger partial charge in [0.15, 0.2) is 5.75 Å². The van der Waals surface area contributed by atoms with Gasteiger partial charge in [-0.25, -0.2) is 0 Å². The second kappa shape index (κ2) is 13.0. The Bertz CT molecular complexity index is 982. The Hall–Kier alpha value is -2.06. The van der Waals surface area contributed by atoms with Crippen molar-refractivity contribution in [2.24, 2.45) is 0 Å². The zero-order chi connectivity index (χ0) is 24.4. The topological polar surface area (TPSA) is 47.6 Å². The van der Waals surface area contributed by atoms with Crippen LogP contribution in [0.25, 0.3) is 6.08 Å². The van der Waals surface area contributed by atoms with Gasteiger partial charge in [-0.1, -0.05) is 58.5 Å². The van der Waals surface area contributed by atoms with Crippen LogP contribution in [0.1, 0.15) is 17.5 Å². The molecule has 178 valence electrons. The molecule has 11 heteroatoms. The molecule has 0 fully saturated rings. The highest BCUT2D eigenvalue weighted by atomic mass is 35.5. The smallest absolute Gasteiger partial charge is 0.416 e. The first kappa shape index (κ1) is 27.2. The molecule has 0 aliphatic heterocycles. The molecule has 0 aromatic heterocycles. The van der Waals surface area contributed by atoms with E-state index in [1.807, 2.05) is 0 Å². The van der Waals surface area contributed by atoms with Crippen LogP contribution < -0.4 is 14.8 Å². The van der Waals surface area contributed by atoms with Crippen molar-refractivity contribution < 1.29 is 27.4 Å². The van der Waals surface area contributed by atoms with Crippen molar-refractivity contribution in [2.75, 3.05) is 19.8 Å². The molecule has 0 aliphatic rings. The average Bonchev–Trinajstić information content (AvgIpc) is 2.73. The average molecular weight is 543 g/mol. The van der Waals surface area contributed by atoms with Crippen LogP contribution in [0.15, 0.2) is 53.0 Å². The van der Waals surface area contributed by atoms with Crippen LogP contribution in [0, 0.1) is 0 Å². The molecular formula is C22H18Cl4F3NO3. The third kappa shape index (κ3) is 9.76. The largest absolute Gasteiger partial charge is 0.490 e. The molecule has 1 amide bonds. The lowest BCUT2D eigenvalue weighted by atomic mass is 10.1. The molecule has 0 heterocycles. The zero-order valence-electron chi connectivity index (χ0n) is 16.9. The molecule has 0 radical (unpaired) electrons. The summed E-state index contributed by atoms with van der Waals surface area (Å²) in [6.45, 7) is 0.674. The van der Waals surface area contributed by atoms with E-state index in [0.717, 1.165) is 12.1 Å². The second-order valence-electron chi connectivity index (χ2n) is 6.47. The summed E-state index contributed by atoms with van der Waals surface area (Å²) in [6.07, 6.45) is 0.184. The Morgan fingerprint density at radius 3 is 2.24 bits per heavy atom. The van der Waals surface area contributed by atoms with Crippen molar-refractivity contribution in [1.29, 1.82) is 0 Å². The summed E-state index contributed by atoms with van der Waals surface area (Å²) in [5.74, 6) is 0.305. The number of halogens is 7. The lowest BCUT2D eigenvalue weighted by Crippen LogP contribution is -2.23. The minimum Gasteiger partial charge on any atom is -0.490 e. The standard InChI is InChI=1S/C22H18Cl4F3NO3/c23-17-12-16(32-11-8-19(25)26)13-18(24)21(17)33-10-1-9-30-20(31)7-4-14-2-5-15(6-3-14)22(27,28)29/h2-8,12-13H,1,9-11H2,(H,30,31). The predicted octanol–water partition coefficient (Wildman–Crippen LogP) is 7.31. The van der Waals surface area contributed by atoms with Crippen molar-refractivity contribution in [3.63, 3.8) is 0 Å². The number of alkyl halides is 3. The first-order chi connectivity index (χ1) is 15.6. The lowest BCUT2D eigenvalue weighted by Gasteiger charge is -2.12. The van der Waals surface area contributed by atoms with Gasteiger partial charge in [-0.15, -0.1) is 0 Å². The molecule has 4 nitrogen and oxygen atoms in total. The van der Waals surface area contributed by atoms with Crippen LogP contribution in [0.4, 0.5) is 13.2 Å². The fraction of sp³-hybridized carbons (Fsp3) is 0.227. The normalized spacial score (nSPS) is 11.4. The molecule has 0 saturated carbocycles. The molecule has 2 aromatic carbocycles. The van der Waals surface area contributed by atoms with E-state index in [2.05, 4.69) is 5.32 Å². The first-order valence-corrected chi connectivity index (χ1v) is 11.0. The van der Waals surface area contributed by atoms with Crippen molar-refractivity contribution in [1.82, 2.24) is 5.32 Å². The molecule has 0 bridgehead atoms. The Morgan fingerprint density at radius 1 is 1.03 bits per heavy atom. The maximum Gasteiger partial charge on any atom is 0.416 e. The van der Waals surface area contributed by atoms with Gasteiger partial charge in [0.25, 0.3) is 0 Å². The number of hydrogen-bond acceptors (Lipinski definition) is 3. The van der Waals surface area contributed by atoms with E-state index in [1.54, 1.807) is 0 Å². The van der Waals surface area contributed by atoms with Crippen LogP contribution in [0.2, 0.25) is 10.0 Å². The first-order valence-electron chi connectivity index (χ1n) is 9.45. The fourth-order valence-electron chi connectivity index (χ4n) is 2.43. The minimum absolute atomic E-state index is 0.0781. The number of rotatable bonds is 10. The molecule has 2 rings (SSSR count). The van der Waals surface area contributed by atoms with Gasteiger partial charge in [-0.05, 0) is 36.3 Å². The van der Waals surface area contributed by atoms with Gasteiger partial charge in [-0.3, -0.25) is 4.79 Å². The molecule has 0 spiro atoms. The summed E-state index contributed by atoms with van der Waals surface area (Å²) >= 11 is 23.4. The summed E-state index contributed by atoms with van der Waals surface area (Å²) in [5.41, 5.74) is -0.278. The fourth-order valence-corrected chi connectivity index (χ4v) is 3.13. The summed E-state index contributed by atoms with van der Waals surface area (Å²) < 4.78 is 48.7. The van der Waals surface area contributed by atoms with Gasteiger partial charge < -0.3 is 14.8 Å². The van der Waals surface area contributed by atoms with Crippen LogP contribution in [0.5, 0.6) is 11.5 Å². The highest BCUT2D eigenvalue weighted by molar-refractivity contribution is 6.55. The summed E-state index contributed by atoms with van der Waals surface area (Å²) in [5, 5.41) is 3.15. The summed E-state index contributed by atoms with van der Waals surface area (Å²) in [4.78, 5) is 11.9. The van der Waals surface area contributed by atoms with Gasteiger partial charge >= 0.3 is 6.18 Å². The van der Waals surface area contributed by atoms with E-state index in [1.165, 1.54) is 42.5 Å². The highest BCUT2D eigenvalue weighted by Crippen LogP contribution is 2.37. The molecule has 33 heavy (non-hydrogen) atoms. The second-order valence-corrected chi connectivity index (χ2v) is 8.29. The van der Waals surface area contributed by atoms with Gasteiger partial charge in [0.1, 0.15) is 16.8 Å². The number of nitrogens with one attached hydrogen (secondary N) is 1. The minimum atomic E-state index is -4.40. The van der Waals surface area contributed by atoms with E-state index in [9.17, 15) is 18.0 Å². The van der Waals surface area contributed by atoms with Crippen molar-refractivity contribution in [2.45, 2.75) is 12.6 Å². The molecular weight excluding hydrogens is 525 g/mol. The SMILES string of the molecule is O=C(C=Cc1ccc(C(F)(F)F)cc1)NCCCOc1c(Cl)cc(OCC=C(Cl)Cl)cc1Cl. The maximum atomic E-state index is 12.6. The van der Waals surface area contributed by atoms with Crippen molar-refractivity contribution in [3.05, 3.63) is 74.2 Å². The Labute approximate surface area is 208 Å². The molecule has 0 aliphatic carbocycles. The van der Waals surface area contributed by atoms with E-state index in [-0.39, 0.29) is 33.5 Å². The molecule has 0 atom stereocenters. The summed E-state index contributed by atoms with van der Waals surface area (Å²) in [7, 11) is 0. The predicted molar refractivity (Wildman–Crippen MR) is 125 cm³/mol. The van der Waals surface area contributed by atoms with E-state index in [4.69, 9.17) is 55.9 Å². The highest BCUT2D eigenvalue weighted by Gasteiger charge is 2.29. The van der Waals surface area contributed by atoms with Gasteiger partial charge in [0.05, 0.1) is 22.2 Å². The monoisotopic (exact) mass is 541 g/mol.